The SMILES string of the molecule is CC(C)[C@H](N)C(=O)CC(Cc1ccccc1)C(O)C(=O)NC1CC1.Cl. The summed E-state index contributed by atoms with van der Waals surface area (Å²) < 4.78 is 0. The van der Waals surface area contributed by atoms with Crippen molar-refractivity contribution < 1.29 is 14.7 Å². The van der Waals surface area contributed by atoms with Gasteiger partial charge in [-0.25, -0.2) is 0 Å². The molecule has 1 aliphatic rings. The highest BCUT2D eigenvalue weighted by atomic mass is 35.5. The molecule has 2 rings (SSSR count). The molecule has 140 valence electrons. The van der Waals surface area contributed by atoms with Gasteiger partial charge in [0.05, 0.1) is 6.04 Å². The van der Waals surface area contributed by atoms with Crippen LogP contribution in [0.3, 0.4) is 0 Å². The number of hydrogen-bond donors (Lipinski definition) is 3. The summed E-state index contributed by atoms with van der Waals surface area (Å²) in [5, 5.41) is 13.3. The van der Waals surface area contributed by atoms with Gasteiger partial charge in [-0.3, -0.25) is 9.59 Å². The van der Waals surface area contributed by atoms with Gasteiger partial charge in [0.25, 0.3) is 0 Å². The number of carbonyl (C=O) groups is 2. The number of carbonyl (C=O) groups excluding carboxylic acids is 2. The number of ketones is 1. The van der Waals surface area contributed by atoms with Crippen molar-refractivity contribution >= 4 is 24.1 Å². The van der Waals surface area contributed by atoms with Crippen LogP contribution in [0.1, 0.15) is 38.7 Å². The molecule has 25 heavy (non-hydrogen) atoms. The van der Waals surface area contributed by atoms with Crippen LogP contribution < -0.4 is 11.1 Å². The molecule has 0 radical (unpaired) electrons. The monoisotopic (exact) mass is 368 g/mol. The summed E-state index contributed by atoms with van der Waals surface area (Å²) in [5.74, 6) is -0.927. The molecular formula is C19H29ClN2O3. The largest absolute Gasteiger partial charge is 0.383 e. The van der Waals surface area contributed by atoms with E-state index in [1.165, 1.54) is 0 Å². The summed E-state index contributed by atoms with van der Waals surface area (Å²) in [4.78, 5) is 24.6. The molecule has 0 heterocycles. The quantitative estimate of drug-likeness (QED) is 0.620. The lowest BCUT2D eigenvalue weighted by Gasteiger charge is -2.24. The summed E-state index contributed by atoms with van der Waals surface area (Å²) in [6.45, 7) is 3.79. The van der Waals surface area contributed by atoms with Gasteiger partial charge in [-0.15, -0.1) is 12.4 Å². The van der Waals surface area contributed by atoms with Crippen molar-refractivity contribution in [3.05, 3.63) is 35.9 Å². The summed E-state index contributed by atoms with van der Waals surface area (Å²) in [6.07, 6.45) is 1.29. The van der Waals surface area contributed by atoms with Crippen molar-refractivity contribution in [2.45, 2.75) is 57.7 Å². The topological polar surface area (TPSA) is 92.4 Å². The maximum Gasteiger partial charge on any atom is 0.249 e. The van der Waals surface area contributed by atoms with E-state index in [9.17, 15) is 14.7 Å². The van der Waals surface area contributed by atoms with E-state index in [2.05, 4.69) is 5.32 Å². The predicted octanol–water partition coefficient (Wildman–Crippen LogP) is 1.85. The number of nitrogens with two attached hydrogens (primary N) is 1. The number of aliphatic hydroxyl groups excluding tert-OH is 1. The minimum atomic E-state index is -1.20. The van der Waals surface area contributed by atoms with Crippen LogP contribution in [0.15, 0.2) is 30.3 Å². The van der Waals surface area contributed by atoms with Crippen LogP contribution in [-0.2, 0) is 16.0 Å². The molecule has 4 N–H and O–H groups in total. The summed E-state index contributed by atoms with van der Waals surface area (Å²) in [7, 11) is 0. The molecule has 2 unspecified atom stereocenters. The third-order valence-electron chi connectivity index (χ3n) is 4.53. The van der Waals surface area contributed by atoms with Crippen molar-refractivity contribution in [3.63, 3.8) is 0 Å². The Morgan fingerprint density at radius 1 is 1.24 bits per heavy atom. The van der Waals surface area contributed by atoms with Crippen molar-refractivity contribution in [1.29, 1.82) is 0 Å². The molecule has 0 spiro atoms. The second kappa shape index (κ2) is 9.90. The van der Waals surface area contributed by atoms with Crippen LogP contribution in [0, 0.1) is 11.8 Å². The number of rotatable bonds is 9. The summed E-state index contributed by atoms with van der Waals surface area (Å²) in [5.41, 5.74) is 6.93. The fourth-order valence-electron chi connectivity index (χ4n) is 2.71. The average Bonchev–Trinajstić information content (AvgIpc) is 3.37. The molecule has 1 aliphatic carbocycles. The molecule has 0 aliphatic heterocycles. The van der Waals surface area contributed by atoms with Gasteiger partial charge in [0.2, 0.25) is 5.91 Å². The Bertz CT molecular complexity index is 561. The van der Waals surface area contributed by atoms with E-state index >= 15 is 0 Å². The van der Waals surface area contributed by atoms with Gasteiger partial charge >= 0.3 is 0 Å². The number of halogens is 1. The van der Waals surface area contributed by atoms with E-state index in [1.807, 2.05) is 44.2 Å². The molecule has 1 fully saturated rings. The van der Waals surface area contributed by atoms with E-state index in [0.29, 0.717) is 6.42 Å². The highest BCUT2D eigenvalue weighted by Crippen LogP contribution is 2.22. The number of amides is 1. The van der Waals surface area contributed by atoms with E-state index in [1.54, 1.807) is 0 Å². The molecule has 0 aromatic heterocycles. The number of hydrogen-bond acceptors (Lipinski definition) is 4. The van der Waals surface area contributed by atoms with E-state index < -0.39 is 18.1 Å². The third kappa shape index (κ3) is 6.77. The Hall–Kier alpha value is -1.43. The fraction of sp³-hybridized carbons (Fsp3) is 0.579. The van der Waals surface area contributed by atoms with Gasteiger partial charge < -0.3 is 16.2 Å². The fourth-order valence-corrected chi connectivity index (χ4v) is 2.71. The maximum absolute atomic E-state index is 12.4. The number of Topliss-reactive ketones (excluding diaryl/α,β-unsaturated/α-hetero) is 1. The lowest BCUT2D eigenvalue weighted by molar-refractivity contribution is -0.133. The first-order valence-corrected chi connectivity index (χ1v) is 8.69. The molecule has 5 nitrogen and oxygen atoms in total. The minimum absolute atomic E-state index is 0. The zero-order valence-corrected chi connectivity index (χ0v) is 15.7. The third-order valence-corrected chi connectivity index (χ3v) is 4.53. The van der Waals surface area contributed by atoms with Gasteiger partial charge in [0, 0.05) is 18.4 Å². The molecule has 1 amide bonds. The molecular weight excluding hydrogens is 340 g/mol. The first kappa shape index (κ1) is 21.6. The van der Waals surface area contributed by atoms with Crippen molar-refractivity contribution in [1.82, 2.24) is 5.32 Å². The number of aliphatic hydroxyl groups is 1. The molecule has 3 atom stereocenters. The Labute approximate surface area is 155 Å². The zero-order chi connectivity index (χ0) is 17.7. The zero-order valence-electron chi connectivity index (χ0n) is 14.9. The number of nitrogens with one attached hydrogen (secondary N) is 1. The lowest BCUT2D eigenvalue weighted by Crippen LogP contribution is -2.44. The Morgan fingerprint density at radius 3 is 2.36 bits per heavy atom. The van der Waals surface area contributed by atoms with E-state index in [4.69, 9.17) is 5.73 Å². The molecule has 0 bridgehead atoms. The molecule has 1 aromatic carbocycles. The second-order valence-electron chi connectivity index (χ2n) is 7.12. The van der Waals surface area contributed by atoms with Crippen LogP contribution in [0.2, 0.25) is 0 Å². The smallest absolute Gasteiger partial charge is 0.249 e. The van der Waals surface area contributed by atoms with Gasteiger partial charge in [-0.1, -0.05) is 44.2 Å². The molecule has 1 aromatic rings. The Balaban J connectivity index is 0.00000312. The van der Waals surface area contributed by atoms with Crippen LogP contribution in [0.25, 0.3) is 0 Å². The van der Waals surface area contributed by atoms with Crippen molar-refractivity contribution in [2.24, 2.45) is 17.6 Å². The highest BCUT2D eigenvalue weighted by Gasteiger charge is 2.33. The van der Waals surface area contributed by atoms with Crippen LogP contribution in [0.4, 0.5) is 0 Å². The van der Waals surface area contributed by atoms with Crippen LogP contribution >= 0.6 is 12.4 Å². The maximum atomic E-state index is 12.4. The molecule has 0 saturated heterocycles. The van der Waals surface area contributed by atoms with Gasteiger partial charge in [-0.2, -0.15) is 0 Å². The normalized spacial score (nSPS) is 17.3. The molecule has 6 heteroatoms. The van der Waals surface area contributed by atoms with Crippen molar-refractivity contribution in [2.75, 3.05) is 0 Å². The minimum Gasteiger partial charge on any atom is -0.383 e. The first-order chi connectivity index (χ1) is 11.4. The lowest BCUT2D eigenvalue weighted by atomic mass is 9.85. The van der Waals surface area contributed by atoms with Crippen LogP contribution in [-0.4, -0.2) is 35.0 Å². The summed E-state index contributed by atoms with van der Waals surface area (Å²) >= 11 is 0. The summed E-state index contributed by atoms with van der Waals surface area (Å²) in [6, 6.07) is 9.21. The van der Waals surface area contributed by atoms with Gasteiger partial charge in [0.15, 0.2) is 0 Å². The Morgan fingerprint density at radius 2 is 1.84 bits per heavy atom. The standard InChI is InChI=1S/C19H28N2O3.ClH/c1-12(2)17(20)16(22)11-14(10-13-6-4-3-5-7-13)18(23)19(24)21-15-8-9-15;/h3-7,12,14-15,17-18,23H,8-11,20H2,1-2H3,(H,21,24);1H/t14?,17-,18?;/m0./s1. The number of benzene rings is 1. The van der Waals surface area contributed by atoms with Crippen molar-refractivity contribution in [3.8, 4) is 0 Å². The van der Waals surface area contributed by atoms with Gasteiger partial charge in [-0.05, 0) is 30.7 Å². The van der Waals surface area contributed by atoms with Crippen LogP contribution in [0.5, 0.6) is 0 Å². The van der Waals surface area contributed by atoms with E-state index in [-0.39, 0.29) is 42.5 Å². The second-order valence-corrected chi connectivity index (χ2v) is 7.12. The predicted molar refractivity (Wildman–Crippen MR) is 100 cm³/mol. The van der Waals surface area contributed by atoms with Gasteiger partial charge in [0.1, 0.15) is 11.9 Å². The molecule has 1 saturated carbocycles. The first-order valence-electron chi connectivity index (χ1n) is 8.69. The average molecular weight is 369 g/mol. The highest BCUT2D eigenvalue weighted by molar-refractivity contribution is 5.86. The Kier molecular flexibility index (Phi) is 8.56. The van der Waals surface area contributed by atoms with E-state index in [0.717, 1.165) is 18.4 Å².